The summed E-state index contributed by atoms with van der Waals surface area (Å²) in [7, 11) is 2.17. The standard InChI is InChI=1S/C14H27N3O/c1-4-16(5-2)14(18)17(12-6-7-12)13-8-10-15(3)11-9-13/h12-13H,4-11H2,1-3H3. The van der Waals surface area contributed by atoms with Crippen molar-refractivity contribution in [3.63, 3.8) is 0 Å². The molecule has 2 fully saturated rings. The van der Waals surface area contributed by atoms with Gasteiger partial charge < -0.3 is 14.7 Å². The topological polar surface area (TPSA) is 26.8 Å². The summed E-state index contributed by atoms with van der Waals surface area (Å²) in [5.41, 5.74) is 0. The largest absolute Gasteiger partial charge is 0.325 e. The minimum Gasteiger partial charge on any atom is -0.325 e. The molecule has 1 saturated heterocycles. The fourth-order valence-corrected chi connectivity index (χ4v) is 2.89. The Kier molecular flexibility index (Phi) is 4.49. The Bertz CT molecular complexity index is 279. The van der Waals surface area contributed by atoms with Gasteiger partial charge >= 0.3 is 6.03 Å². The van der Waals surface area contributed by atoms with Gasteiger partial charge in [-0.1, -0.05) is 0 Å². The molecule has 0 aromatic heterocycles. The Morgan fingerprint density at radius 1 is 1.06 bits per heavy atom. The third-order valence-electron chi connectivity index (χ3n) is 4.28. The first-order chi connectivity index (χ1) is 8.67. The molecule has 1 aliphatic heterocycles. The number of piperidine rings is 1. The molecule has 2 rings (SSSR count). The number of carbonyl (C=O) groups is 1. The van der Waals surface area contributed by atoms with Gasteiger partial charge in [0.2, 0.25) is 0 Å². The molecule has 1 saturated carbocycles. The van der Waals surface area contributed by atoms with E-state index in [9.17, 15) is 4.79 Å². The lowest BCUT2D eigenvalue weighted by atomic mass is 10.0. The first kappa shape index (κ1) is 13.7. The van der Waals surface area contributed by atoms with E-state index in [1.54, 1.807) is 0 Å². The van der Waals surface area contributed by atoms with E-state index in [1.807, 2.05) is 4.90 Å². The van der Waals surface area contributed by atoms with Crippen molar-refractivity contribution >= 4 is 6.03 Å². The Morgan fingerprint density at radius 2 is 1.56 bits per heavy atom. The molecule has 0 spiro atoms. The quantitative estimate of drug-likeness (QED) is 0.766. The van der Waals surface area contributed by atoms with Crippen LogP contribution in [0.5, 0.6) is 0 Å². The zero-order valence-electron chi connectivity index (χ0n) is 12.1. The Hall–Kier alpha value is -0.770. The third-order valence-corrected chi connectivity index (χ3v) is 4.28. The highest BCUT2D eigenvalue weighted by Crippen LogP contribution is 2.32. The van der Waals surface area contributed by atoms with Gasteiger partial charge in [-0.2, -0.15) is 0 Å². The van der Waals surface area contributed by atoms with Crippen molar-refractivity contribution in [1.29, 1.82) is 0 Å². The van der Waals surface area contributed by atoms with E-state index in [0.29, 0.717) is 12.1 Å². The lowest BCUT2D eigenvalue weighted by molar-refractivity contribution is 0.102. The van der Waals surface area contributed by atoms with Crippen LogP contribution in [0.15, 0.2) is 0 Å². The summed E-state index contributed by atoms with van der Waals surface area (Å²) in [4.78, 5) is 19.1. The van der Waals surface area contributed by atoms with E-state index in [-0.39, 0.29) is 6.03 Å². The van der Waals surface area contributed by atoms with Gasteiger partial charge in [-0.05, 0) is 59.7 Å². The first-order valence-electron chi connectivity index (χ1n) is 7.43. The van der Waals surface area contributed by atoms with Crippen molar-refractivity contribution in [2.75, 3.05) is 33.2 Å². The summed E-state index contributed by atoms with van der Waals surface area (Å²) in [5, 5.41) is 0. The molecule has 0 aromatic rings. The SMILES string of the molecule is CCN(CC)C(=O)N(C1CC1)C1CCN(C)CC1. The van der Waals surface area contributed by atoms with Crippen molar-refractivity contribution in [2.24, 2.45) is 0 Å². The second-order valence-electron chi connectivity index (χ2n) is 5.63. The van der Waals surface area contributed by atoms with Crippen LogP contribution in [-0.2, 0) is 0 Å². The summed E-state index contributed by atoms with van der Waals surface area (Å²) in [5.74, 6) is 0. The monoisotopic (exact) mass is 253 g/mol. The Balaban J connectivity index is 2.01. The molecule has 0 unspecified atom stereocenters. The second kappa shape index (κ2) is 5.91. The van der Waals surface area contributed by atoms with E-state index in [4.69, 9.17) is 0 Å². The minimum atomic E-state index is 0.275. The molecule has 2 aliphatic rings. The molecule has 0 radical (unpaired) electrons. The van der Waals surface area contributed by atoms with Crippen LogP contribution in [0.3, 0.4) is 0 Å². The van der Waals surface area contributed by atoms with Gasteiger partial charge in [0.15, 0.2) is 0 Å². The van der Waals surface area contributed by atoms with Gasteiger partial charge in [0.25, 0.3) is 0 Å². The van der Waals surface area contributed by atoms with E-state index >= 15 is 0 Å². The maximum Gasteiger partial charge on any atom is 0.320 e. The zero-order chi connectivity index (χ0) is 13.1. The number of nitrogens with zero attached hydrogens (tertiary/aromatic N) is 3. The molecule has 18 heavy (non-hydrogen) atoms. The van der Waals surface area contributed by atoms with Crippen molar-refractivity contribution in [3.8, 4) is 0 Å². The van der Waals surface area contributed by atoms with Crippen molar-refractivity contribution < 1.29 is 4.79 Å². The average molecular weight is 253 g/mol. The number of hydrogen-bond acceptors (Lipinski definition) is 2. The summed E-state index contributed by atoms with van der Waals surface area (Å²) < 4.78 is 0. The normalized spacial score (nSPS) is 21.9. The van der Waals surface area contributed by atoms with Crippen LogP contribution in [0.1, 0.15) is 39.5 Å². The predicted octanol–water partition coefficient (Wildman–Crippen LogP) is 2.01. The van der Waals surface area contributed by atoms with Gasteiger partial charge in [0, 0.05) is 25.2 Å². The Labute approximate surface area is 111 Å². The molecule has 104 valence electrons. The average Bonchev–Trinajstić information content (AvgIpc) is 3.18. The van der Waals surface area contributed by atoms with Crippen LogP contribution < -0.4 is 0 Å². The number of amides is 2. The highest BCUT2D eigenvalue weighted by molar-refractivity contribution is 5.75. The first-order valence-corrected chi connectivity index (χ1v) is 7.43. The summed E-state index contributed by atoms with van der Waals surface area (Å²) in [6.45, 7) is 8.04. The molecule has 2 amide bonds. The molecule has 1 aliphatic carbocycles. The van der Waals surface area contributed by atoms with Gasteiger partial charge in [-0.15, -0.1) is 0 Å². The third kappa shape index (κ3) is 2.97. The van der Waals surface area contributed by atoms with Crippen LogP contribution in [0.4, 0.5) is 4.79 Å². The molecular formula is C14H27N3O. The van der Waals surface area contributed by atoms with Crippen LogP contribution in [0, 0.1) is 0 Å². The lowest BCUT2D eigenvalue weighted by Gasteiger charge is -2.39. The molecule has 1 heterocycles. The lowest BCUT2D eigenvalue weighted by Crippen LogP contribution is -2.52. The van der Waals surface area contributed by atoms with Gasteiger partial charge in [-0.3, -0.25) is 0 Å². The smallest absolute Gasteiger partial charge is 0.320 e. The Morgan fingerprint density at radius 3 is 2.00 bits per heavy atom. The fourth-order valence-electron chi connectivity index (χ4n) is 2.89. The van der Waals surface area contributed by atoms with E-state index in [2.05, 4.69) is 30.7 Å². The van der Waals surface area contributed by atoms with Gasteiger partial charge in [0.1, 0.15) is 0 Å². The van der Waals surface area contributed by atoms with E-state index < -0.39 is 0 Å². The molecular weight excluding hydrogens is 226 g/mol. The number of hydrogen-bond donors (Lipinski definition) is 0. The fraction of sp³-hybridized carbons (Fsp3) is 0.929. The molecule has 0 N–H and O–H groups in total. The molecule has 4 nitrogen and oxygen atoms in total. The molecule has 0 aromatic carbocycles. The van der Waals surface area contributed by atoms with E-state index in [1.165, 1.54) is 12.8 Å². The highest BCUT2D eigenvalue weighted by atomic mass is 16.2. The maximum atomic E-state index is 12.6. The molecule has 0 atom stereocenters. The number of urea groups is 1. The predicted molar refractivity (Wildman–Crippen MR) is 73.7 cm³/mol. The number of carbonyl (C=O) groups excluding carboxylic acids is 1. The molecule has 0 bridgehead atoms. The van der Waals surface area contributed by atoms with Crippen LogP contribution in [0.25, 0.3) is 0 Å². The second-order valence-corrected chi connectivity index (χ2v) is 5.63. The minimum absolute atomic E-state index is 0.275. The summed E-state index contributed by atoms with van der Waals surface area (Å²) >= 11 is 0. The zero-order valence-corrected chi connectivity index (χ0v) is 12.1. The van der Waals surface area contributed by atoms with Crippen LogP contribution in [-0.4, -0.2) is 66.0 Å². The van der Waals surface area contributed by atoms with Crippen LogP contribution in [0.2, 0.25) is 0 Å². The summed E-state index contributed by atoms with van der Waals surface area (Å²) in [6, 6.07) is 1.28. The number of rotatable bonds is 4. The molecule has 4 heteroatoms. The van der Waals surface area contributed by atoms with Crippen LogP contribution >= 0.6 is 0 Å². The van der Waals surface area contributed by atoms with Crippen molar-refractivity contribution in [3.05, 3.63) is 0 Å². The maximum absolute atomic E-state index is 12.6. The van der Waals surface area contributed by atoms with Crippen molar-refractivity contribution in [2.45, 2.75) is 51.6 Å². The van der Waals surface area contributed by atoms with E-state index in [0.717, 1.165) is 39.0 Å². The van der Waals surface area contributed by atoms with Gasteiger partial charge in [0.05, 0.1) is 0 Å². The highest BCUT2D eigenvalue weighted by Gasteiger charge is 2.39. The van der Waals surface area contributed by atoms with Gasteiger partial charge in [-0.25, -0.2) is 4.79 Å². The van der Waals surface area contributed by atoms with Crippen molar-refractivity contribution in [1.82, 2.24) is 14.7 Å². The number of likely N-dealkylation sites (tertiary alicyclic amines) is 1. The summed E-state index contributed by atoms with van der Waals surface area (Å²) in [6.07, 6.45) is 4.69.